The Hall–Kier alpha value is -2.41. The molecule has 2 aromatic rings. The number of amides is 1. The fraction of sp³-hybridized carbons (Fsp3) is 0.278. The monoisotopic (exact) mass is 364 g/mol. The molecule has 0 aliphatic heterocycles. The first kappa shape index (κ1) is 18.9. The fourth-order valence-corrected chi connectivity index (χ4v) is 3.24. The van der Waals surface area contributed by atoms with Crippen molar-refractivity contribution in [2.45, 2.75) is 12.8 Å². The summed E-state index contributed by atoms with van der Waals surface area (Å²) in [5, 5.41) is 2.71. The first-order valence-electron chi connectivity index (χ1n) is 7.83. The van der Waals surface area contributed by atoms with Crippen LogP contribution < -0.4 is 9.62 Å². The van der Waals surface area contributed by atoms with E-state index >= 15 is 0 Å². The predicted octanol–water partition coefficient (Wildman–Crippen LogP) is 2.51. The molecule has 0 saturated heterocycles. The molecule has 2 aromatic carbocycles. The molecule has 1 atom stereocenters. The number of carbonyl (C=O) groups excluding carboxylic acids is 1. The quantitative estimate of drug-likeness (QED) is 0.821. The summed E-state index contributed by atoms with van der Waals surface area (Å²) in [4.78, 5) is 12.2. The van der Waals surface area contributed by atoms with Crippen LogP contribution in [0.25, 0.3) is 0 Å². The van der Waals surface area contributed by atoms with Gasteiger partial charge < -0.3 is 5.32 Å². The van der Waals surface area contributed by atoms with Crippen LogP contribution in [0.5, 0.6) is 0 Å². The zero-order valence-corrected chi connectivity index (χ0v) is 15.0. The molecule has 0 saturated carbocycles. The van der Waals surface area contributed by atoms with Crippen molar-refractivity contribution in [3.05, 3.63) is 66.0 Å². The number of nitrogens with one attached hydrogen (secondary N) is 1. The minimum absolute atomic E-state index is 0.0743. The van der Waals surface area contributed by atoms with E-state index in [1.807, 2.05) is 37.3 Å². The molecule has 134 valence electrons. The van der Waals surface area contributed by atoms with Gasteiger partial charge in [0.25, 0.3) is 0 Å². The van der Waals surface area contributed by atoms with Crippen molar-refractivity contribution in [1.82, 2.24) is 5.32 Å². The average molecular weight is 364 g/mol. The summed E-state index contributed by atoms with van der Waals surface area (Å²) < 4.78 is 38.6. The molecule has 0 aromatic heterocycles. The van der Waals surface area contributed by atoms with E-state index in [-0.39, 0.29) is 11.6 Å². The minimum atomic E-state index is -3.79. The molecule has 0 unspecified atom stereocenters. The van der Waals surface area contributed by atoms with E-state index in [1.165, 1.54) is 18.2 Å². The number of anilines is 1. The Bertz CT molecular complexity index is 825. The zero-order valence-electron chi connectivity index (χ0n) is 14.1. The molecule has 25 heavy (non-hydrogen) atoms. The van der Waals surface area contributed by atoms with Crippen molar-refractivity contribution < 1.29 is 17.6 Å². The van der Waals surface area contributed by atoms with Crippen molar-refractivity contribution in [3.63, 3.8) is 0 Å². The third-order valence-corrected chi connectivity index (χ3v) is 4.91. The summed E-state index contributed by atoms with van der Waals surface area (Å²) in [7, 11) is -3.79. The normalized spacial score (nSPS) is 12.4. The van der Waals surface area contributed by atoms with Gasteiger partial charge in [0.15, 0.2) is 0 Å². The maximum Gasteiger partial charge on any atom is 0.240 e. The van der Waals surface area contributed by atoms with Gasteiger partial charge in [-0.3, -0.25) is 9.10 Å². The highest BCUT2D eigenvalue weighted by atomic mass is 32.2. The fourth-order valence-electron chi connectivity index (χ4n) is 2.39. The van der Waals surface area contributed by atoms with E-state index in [2.05, 4.69) is 5.32 Å². The van der Waals surface area contributed by atoms with E-state index in [9.17, 15) is 17.6 Å². The lowest BCUT2D eigenvalue weighted by molar-refractivity contribution is -0.119. The Morgan fingerprint density at radius 1 is 1.12 bits per heavy atom. The number of hydrogen-bond donors (Lipinski definition) is 1. The van der Waals surface area contributed by atoms with Crippen LogP contribution in [-0.2, 0) is 14.8 Å². The minimum Gasteiger partial charge on any atom is -0.354 e. The van der Waals surface area contributed by atoms with Gasteiger partial charge in [-0.1, -0.05) is 49.4 Å². The molecule has 5 nitrogen and oxygen atoms in total. The number of hydrogen-bond acceptors (Lipinski definition) is 3. The summed E-state index contributed by atoms with van der Waals surface area (Å²) in [5.41, 5.74) is 0.924. The Labute approximate surface area is 147 Å². The van der Waals surface area contributed by atoms with E-state index in [0.29, 0.717) is 6.54 Å². The van der Waals surface area contributed by atoms with E-state index in [0.717, 1.165) is 22.2 Å². The summed E-state index contributed by atoms with van der Waals surface area (Å²) in [5.74, 6) is -1.11. The van der Waals surface area contributed by atoms with Gasteiger partial charge in [-0.05, 0) is 23.6 Å². The van der Waals surface area contributed by atoms with Crippen LogP contribution in [0.4, 0.5) is 10.1 Å². The van der Waals surface area contributed by atoms with Crippen LogP contribution in [-0.4, -0.2) is 33.7 Å². The van der Waals surface area contributed by atoms with Crippen LogP contribution in [0, 0.1) is 5.82 Å². The second kappa shape index (κ2) is 8.11. The Morgan fingerprint density at radius 2 is 1.72 bits per heavy atom. The third kappa shape index (κ3) is 5.29. The predicted molar refractivity (Wildman–Crippen MR) is 96.5 cm³/mol. The second-order valence-corrected chi connectivity index (χ2v) is 7.74. The van der Waals surface area contributed by atoms with Gasteiger partial charge in [-0.15, -0.1) is 0 Å². The Kier molecular flexibility index (Phi) is 6.14. The molecule has 2 rings (SSSR count). The van der Waals surface area contributed by atoms with E-state index in [4.69, 9.17) is 0 Å². The molecule has 1 amide bonds. The molecule has 0 spiro atoms. The molecule has 0 fully saturated rings. The van der Waals surface area contributed by atoms with Crippen LogP contribution in [0.2, 0.25) is 0 Å². The lowest BCUT2D eigenvalue weighted by Gasteiger charge is -2.22. The van der Waals surface area contributed by atoms with Crippen LogP contribution in [0.15, 0.2) is 54.6 Å². The maximum absolute atomic E-state index is 13.9. The standard InChI is InChI=1S/C18H21FN2O3S/c1-14(15-8-4-3-5-9-15)12-20-18(22)13-21(25(2,23)24)17-11-7-6-10-16(17)19/h3-11,14H,12-13H2,1-2H3,(H,20,22)/t14-/m1/s1. The molecular weight excluding hydrogens is 343 g/mol. The zero-order chi connectivity index (χ0) is 18.4. The number of nitrogens with zero attached hydrogens (tertiary/aromatic N) is 1. The number of carbonyl (C=O) groups is 1. The van der Waals surface area contributed by atoms with Crippen molar-refractivity contribution >= 4 is 21.6 Å². The number of rotatable bonds is 7. The van der Waals surface area contributed by atoms with Crippen LogP contribution in [0.3, 0.4) is 0 Å². The number of benzene rings is 2. The second-order valence-electron chi connectivity index (χ2n) is 5.84. The first-order chi connectivity index (χ1) is 11.8. The van der Waals surface area contributed by atoms with E-state index < -0.39 is 28.3 Å². The molecule has 1 N–H and O–H groups in total. The van der Waals surface area contributed by atoms with Crippen LogP contribution >= 0.6 is 0 Å². The maximum atomic E-state index is 13.9. The average Bonchev–Trinajstić information content (AvgIpc) is 2.58. The molecule has 0 bridgehead atoms. The van der Waals surface area contributed by atoms with Crippen molar-refractivity contribution in [1.29, 1.82) is 0 Å². The summed E-state index contributed by atoms with van der Waals surface area (Å²) >= 11 is 0. The van der Waals surface area contributed by atoms with Gasteiger partial charge in [0.2, 0.25) is 15.9 Å². The number of halogens is 1. The lowest BCUT2D eigenvalue weighted by atomic mass is 10.0. The van der Waals surface area contributed by atoms with Crippen molar-refractivity contribution in [2.24, 2.45) is 0 Å². The SMILES string of the molecule is C[C@H](CNC(=O)CN(c1ccccc1F)S(C)(=O)=O)c1ccccc1. The highest BCUT2D eigenvalue weighted by Crippen LogP contribution is 2.21. The molecule has 0 radical (unpaired) electrons. The smallest absolute Gasteiger partial charge is 0.240 e. The van der Waals surface area contributed by atoms with Crippen molar-refractivity contribution in [3.8, 4) is 0 Å². The largest absolute Gasteiger partial charge is 0.354 e. The first-order valence-corrected chi connectivity index (χ1v) is 9.67. The summed E-state index contributed by atoms with van der Waals surface area (Å²) in [6, 6.07) is 15.1. The molecule has 0 aliphatic rings. The van der Waals surface area contributed by atoms with Gasteiger partial charge in [-0.25, -0.2) is 12.8 Å². The lowest BCUT2D eigenvalue weighted by Crippen LogP contribution is -2.41. The molecule has 0 heterocycles. The summed E-state index contributed by atoms with van der Waals surface area (Å²) in [6.45, 7) is 1.85. The van der Waals surface area contributed by atoms with Gasteiger partial charge in [0.1, 0.15) is 12.4 Å². The van der Waals surface area contributed by atoms with Gasteiger partial charge >= 0.3 is 0 Å². The number of para-hydroxylation sites is 1. The molecule has 0 aliphatic carbocycles. The molecule has 7 heteroatoms. The van der Waals surface area contributed by atoms with Crippen LogP contribution in [0.1, 0.15) is 18.4 Å². The third-order valence-electron chi connectivity index (χ3n) is 3.78. The van der Waals surface area contributed by atoms with E-state index in [1.54, 1.807) is 0 Å². The topological polar surface area (TPSA) is 66.5 Å². The highest BCUT2D eigenvalue weighted by Gasteiger charge is 2.23. The van der Waals surface area contributed by atoms with Gasteiger partial charge in [0.05, 0.1) is 11.9 Å². The number of sulfonamides is 1. The Morgan fingerprint density at radius 3 is 2.32 bits per heavy atom. The van der Waals surface area contributed by atoms with Gasteiger partial charge in [-0.2, -0.15) is 0 Å². The van der Waals surface area contributed by atoms with Crippen molar-refractivity contribution in [2.75, 3.05) is 23.7 Å². The molecular formula is C18H21FN2O3S. The highest BCUT2D eigenvalue weighted by molar-refractivity contribution is 7.92. The van der Waals surface area contributed by atoms with Gasteiger partial charge in [0, 0.05) is 6.54 Å². The Balaban J connectivity index is 2.05. The summed E-state index contributed by atoms with van der Waals surface area (Å²) in [6.07, 6.45) is 0.944.